The summed E-state index contributed by atoms with van der Waals surface area (Å²) in [6, 6.07) is 19.5. The Morgan fingerprint density at radius 1 is 0.960 bits per heavy atom. The molecule has 0 aliphatic heterocycles. The van der Waals surface area contributed by atoms with E-state index in [4.69, 9.17) is 5.11 Å². The van der Waals surface area contributed by atoms with E-state index in [1.807, 2.05) is 35.2 Å². The molecule has 0 radical (unpaired) electrons. The van der Waals surface area contributed by atoms with Crippen LogP contribution in [0.15, 0.2) is 73.1 Å². The molecule has 2 aromatic carbocycles. The van der Waals surface area contributed by atoms with Gasteiger partial charge in [-0.25, -0.2) is 9.36 Å². The van der Waals surface area contributed by atoms with Crippen LogP contribution in [0.3, 0.4) is 0 Å². The van der Waals surface area contributed by atoms with Gasteiger partial charge >= 0.3 is 5.97 Å². The van der Waals surface area contributed by atoms with E-state index in [0.717, 1.165) is 11.1 Å². The van der Waals surface area contributed by atoms with Crippen LogP contribution in [0.5, 0.6) is 0 Å². The van der Waals surface area contributed by atoms with E-state index in [-0.39, 0.29) is 0 Å². The molecule has 0 fully saturated rings. The highest BCUT2D eigenvalue weighted by molar-refractivity contribution is 5.87. The van der Waals surface area contributed by atoms with E-state index in [1.165, 1.54) is 11.1 Å². The van der Waals surface area contributed by atoms with Gasteiger partial charge in [-0.15, -0.1) is 0 Å². The first-order valence-corrected chi connectivity index (χ1v) is 8.16. The second-order valence-electron chi connectivity index (χ2n) is 6.05. The van der Waals surface area contributed by atoms with Gasteiger partial charge in [-0.1, -0.05) is 54.1 Å². The molecule has 3 heteroatoms. The van der Waals surface area contributed by atoms with E-state index < -0.39 is 5.97 Å². The van der Waals surface area contributed by atoms with Crippen LogP contribution in [-0.2, 0) is 6.54 Å². The highest BCUT2D eigenvalue weighted by Gasteiger charge is 2.06. The fraction of sp³-hybridized carbons (Fsp3) is 0.0909. The van der Waals surface area contributed by atoms with Gasteiger partial charge in [0.15, 0.2) is 18.9 Å². The Kier molecular flexibility index (Phi) is 5.05. The van der Waals surface area contributed by atoms with Gasteiger partial charge in [-0.2, -0.15) is 0 Å². The van der Waals surface area contributed by atoms with Crippen molar-refractivity contribution >= 4 is 18.1 Å². The lowest BCUT2D eigenvalue weighted by Gasteiger charge is -2.00. The van der Waals surface area contributed by atoms with Gasteiger partial charge in [0, 0.05) is 17.7 Å². The molecule has 25 heavy (non-hydrogen) atoms. The van der Waals surface area contributed by atoms with Crippen LogP contribution < -0.4 is 4.57 Å². The third-order valence-corrected chi connectivity index (χ3v) is 4.00. The molecule has 0 spiro atoms. The zero-order valence-corrected chi connectivity index (χ0v) is 14.1. The van der Waals surface area contributed by atoms with Crippen molar-refractivity contribution in [1.29, 1.82) is 0 Å². The van der Waals surface area contributed by atoms with Gasteiger partial charge in [0.2, 0.25) is 0 Å². The normalized spacial score (nSPS) is 10.9. The summed E-state index contributed by atoms with van der Waals surface area (Å²) in [5.41, 5.74) is 4.83. The highest BCUT2D eigenvalue weighted by Crippen LogP contribution is 2.09. The molecule has 0 unspecified atom stereocenters. The first-order valence-electron chi connectivity index (χ1n) is 8.16. The molecule has 3 nitrogen and oxygen atoms in total. The molecule has 0 aliphatic rings. The number of aromatic carboxylic acids is 1. The number of nitrogens with zero attached hydrogens (tertiary/aromatic N) is 1. The van der Waals surface area contributed by atoms with Crippen LogP contribution >= 0.6 is 0 Å². The maximum absolute atomic E-state index is 11.0. The third kappa shape index (κ3) is 4.64. The molecular formula is C22H20NO2+. The molecule has 0 saturated carbocycles. The van der Waals surface area contributed by atoms with Gasteiger partial charge < -0.3 is 5.11 Å². The molecule has 124 valence electrons. The van der Waals surface area contributed by atoms with Crippen LogP contribution in [0, 0.1) is 6.92 Å². The zero-order valence-electron chi connectivity index (χ0n) is 14.1. The summed E-state index contributed by atoms with van der Waals surface area (Å²) < 4.78 is 2.03. The molecule has 0 bridgehead atoms. The fourth-order valence-corrected chi connectivity index (χ4v) is 2.57. The monoisotopic (exact) mass is 330 g/mol. The Balaban J connectivity index is 1.69. The summed E-state index contributed by atoms with van der Waals surface area (Å²) in [7, 11) is 0. The molecule has 3 rings (SSSR count). The van der Waals surface area contributed by atoms with E-state index in [0.29, 0.717) is 12.1 Å². The van der Waals surface area contributed by atoms with E-state index in [1.54, 1.807) is 18.2 Å². The first-order chi connectivity index (χ1) is 12.1. The Morgan fingerprint density at radius 2 is 1.60 bits per heavy atom. The lowest BCUT2D eigenvalue weighted by atomic mass is 10.1. The van der Waals surface area contributed by atoms with Crippen molar-refractivity contribution in [3.05, 3.63) is 101 Å². The molecule has 3 aromatic rings. The lowest BCUT2D eigenvalue weighted by Crippen LogP contribution is -2.33. The maximum Gasteiger partial charge on any atom is 0.335 e. The molecule has 0 amide bonds. The number of carbonyl (C=O) groups is 1. The van der Waals surface area contributed by atoms with Crippen LogP contribution in [0.25, 0.3) is 12.2 Å². The number of aromatic nitrogens is 1. The Morgan fingerprint density at radius 3 is 2.24 bits per heavy atom. The van der Waals surface area contributed by atoms with Gasteiger partial charge in [0.1, 0.15) is 0 Å². The molecule has 0 saturated heterocycles. The molecule has 1 N–H and O–H groups in total. The van der Waals surface area contributed by atoms with Crippen LogP contribution in [0.4, 0.5) is 0 Å². The average molecular weight is 330 g/mol. The minimum atomic E-state index is -0.900. The second-order valence-corrected chi connectivity index (χ2v) is 6.05. The van der Waals surface area contributed by atoms with Crippen molar-refractivity contribution in [3.8, 4) is 0 Å². The van der Waals surface area contributed by atoms with Crippen molar-refractivity contribution in [1.82, 2.24) is 0 Å². The minimum Gasteiger partial charge on any atom is -0.478 e. The van der Waals surface area contributed by atoms with Crippen LogP contribution in [0.1, 0.15) is 32.6 Å². The Bertz CT molecular complexity index is 894. The Labute approximate surface area is 147 Å². The number of benzene rings is 2. The number of carboxylic acids is 1. The number of hydrogen-bond acceptors (Lipinski definition) is 1. The van der Waals surface area contributed by atoms with E-state index >= 15 is 0 Å². The van der Waals surface area contributed by atoms with E-state index in [2.05, 4.69) is 43.3 Å². The summed E-state index contributed by atoms with van der Waals surface area (Å²) >= 11 is 0. The number of pyridine rings is 1. The molecule has 1 heterocycles. The standard InChI is InChI=1S/C22H19NO2/c1-17-5-7-18(8-6-17)9-10-19-11-13-23(14-12-19)16-20-3-2-4-21(15-20)22(24)25/h2-15H,16H2,1H3/p+1/b10-9-. The van der Waals surface area contributed by atoms with Crippen molar-refractivity contribution in [2.75, 3.05) is 0 Å². The average Bonchev–Trinajstić information content (AvgIpc) is 2.63. The van der Waals surface area contributed by atoms with Gasteiger partial charge in [0.05, 0.1) is 5.56 Å². The Hall–Kier alpha value is -3.20. The predicted molar refractivity (Wildman–Crippen MR) is 99.2 cm³/mol. The zero-order chi connectivity index (χ0) is 17.6. The number of rotatable bonds is 5. The van der Waals surface area contributed by atoms with Crippen molar-refractivity contribution < 1.29 is 14.5 Å². The molecule has 1 aromatic heterocycles. The van der Waals surface area contributed by atoms with Gasteiger partial charge in [-0.05, 0) is 30.2 Å². The summed E-state index contributed by atoms with van der Waals surface area (Å²) in [5, 5.41) is 9.07. The minimum absolute atomic E-state index is 0.316. The smallest absolute Gasteiger partial charge is 0.335 e. The van der Waals surface area contributed by atoms with Crippen LogP contribution in [-0.4, -0.2) is 11.1 Å². The molecule has 0 atom stereocenters. The van der Waals surface area contributed by atoms with Gasteiger partial charge in [0.25, 0.3) is 0 Å². The summed E-state index contributed by atoms with van der Waals surface area (Å²) in [4.78, 5) is 11.0. The van der Waals surface area contributed by atoms with Gasteiger partial charge in [-0.3, -0.25) is 0 Å². The first kappa shape index (κ1) is 16.7. The van der Waals surface area contributed by atoms with Crippen molar-refractivity contribution in [3.63, 3.8) is 0 Å². The van der Waals surface area contributed by atoms with Crippen LogP contribution in [0.2, 0.25) is 0 Å². The highest BCUT2D eigenvalue weighted by atomic mass is 16.4. The SMILES string of the molecule is Cc1ccc(/C=C\c2cc[n+](Cc3cccc(C(=O)O)c3)cc2)cc1. The number of hydrogen-bond donors (Lipinski definition) is 1. The summed E-state index contributed by atoms with van der Waals surface area (Å²) in [5.74, 6) is -0.900. The van der Waals surface area contributed by atoms with Crippen molar-refractivity contribution in [2.24, 2.45) is 0 Å². The summed E-state index contributed by atoms with van der Waals surface area (Å²) in [6.45, 7) is 2.72. The lowest BCUT2D eigenvalue weighted by molar-refractivity contribution is -0.688. The maximum atomic E-state index is 11.0. The largest absolute Gasteiger partial charge is 0.478 e. The number of aryl methyl sites for hydroxylation is 1. The number of carboxylic acid groups (broad SMARTS) is 1. The quantitative estimate of drug-likeness (QED) is 0.712. The molecular weight excluding hydrogens is 310 g/mol. The topological polar surface area (TPSA) is 41.2 Å². The second kappa shape index (κ2) is 7.58. The van der Waals surface area contributed by atoms with Crippen molar-refractivity contribution in [2.45, 2.75) is 13.5 Å². The third-order valence-electron chi connectivity index (χ3n) is 4.00. The predicted octanol–water partition coefficient (Wildman–Crippen LogP) is 4.20. The fourth-order valence-electron chi connectivity index (χ4n) is 2.57. The molecule has 0 aliphatic carbocycles. The van der Waals surface area contributed by atoms with E-state index in [9.17, 15) is 4.79 Å². The summed E-state index contributed by atoms with van der Waals surface area (Å²) in [6.07, 6.45) is 8.18.